The molecule has 4 rings (SSSR count). The topological polar surface area (TPSA) is 45.2 Å². The van der Waals surface area contributed by atoms with Crippen LogP contribution in [0, 0.1) is 6.92 Å². The van der Waals surface area contributed by atoms with Gasteiger partial charge in [-0.2, -0.15) is 11.3 Å². The summed E-state index contributed by atoms with van der Waals surface area (Å²) in [6.45, 7) is 4.96. The number of rotatable bonds is 4. The molecule has 0 saturated heterocycles. The van der Waals surface area contributed by atoms with Crippen molar-refractivity contribution in [1.29, 1.82) is 0 Å². The van der Waals surface area contributed by atoms with E-state index in [1.165, 1.54) is 27.3 Å². The minimum absolute atomic E-state index is 0.0798. The van der Waals surface area contributed by atoms with Crippen LogP contribution < -0.4 is 5.32 Å². The lowest BCUT2D eigenvalue weighted by atomic mass is 10.1. The summed E-state index contributed by atoms with van der Waals surface area (Å²) in [5, 5.41) is 7.40. The first-order valence-corrected chi connectivity index (χ1v) is 10.0. The standard InChI is InChI=1S/C19H19N3OS2/c1-13-2-4-14(5-3-13)10-22-8-6-16-17(11-22)25-19(20-16)21-18(23)15-7-9-24-12-15/h2-5,7,9,12H,6,8,10-11H2,1H3,(H,20,21,23). The zero-order valence-electron chi connectivity index (χ0n) is 14.0. The van der Waals surface area contributed by atoms with E-state index < -0.39 is 0 Å². The van der Waals surface area contributed by atoms with Crippen LogP contribution in [0.4, 0.5) is 5.13 Å². The lowest BCUT2D eigenvalue weighted by molar-refractivity contribution is 0.102. The Labute approximate surface area is 155 Å². The second kappa shape index (κ2) is 7.07. The highest BCUT2D eigenvalue weighted by Crippen LogP contribution is 2.29. The van der Waals surface area contributed by atoms with Crippen LogP contribution in [0.1, 0.15) is 32.1 Å². The Morgan fingerprint density at radius 3 is 2.88 bits per heavy atom. The van der Waals surface area contributed by atoms with Crippen molar-refractivity contribution in [1.82, 2.24) is 9.88 Å². The highest BCUT2D eigenvalue weighted by Gasteiger charge is 2.21. The number of aromatic nitrogens is 1. The van der Waals surface area contributed by atoms with Crippen molar-refractivity contribution in [3.05, 3.63) is 68.4 Å². The van der Waals surface area contributed by atoms with Gasteiger partial charge in [0.1, 0.15) is 0 Å². The number of fused-ring (bicyclic) bond motifs is 1. The van der Waals surface area contributed by atoms with E-state index in [1.54, 1.807) is 11.3 Å². The van der Waals surface area contributed by atoms with Gasteiger partial charge in [0.25, 0.3) is 5.91 Å². The van der Waals surface area contributed by atoms with Crippen molar-refractivity contribution < 1.29 is 4.79 Å². The number of hydrogen-bond acceptors (Lipinski definition) is 5. The molecule has 3 heterocycles. The number of aryl methyl sites for hydroxylation is 1. The number of carbonyl (C=O) groups excluding carboxylic acids is 1. The first-order chi connectivity index (χ1) is 12.2. The predicted molar refractivity (Wildman–Crippen MR) is 103 cm³/mol. The highest BCUT2D eigenvalue weighted by atomic mass is 32.1. The molecular formula is C19H19N3OS2. The maximum atomic E-state index is 12.2. The molecule has 3 aromatic rings. The van der Waals surface area contributed by atoms with Crippen LogP contribution in [0.25, 0.3) is 0 Å². The minimum atomic E-state index is -0.0798. The Hall–Kier alpha value is -2.02. The van der Waals surface area contributed by atoms with Crippen LogP contribution >= 0.6 is 22.7 Å². The molecular weight excluding hydrogens is 350 g/mol. The average Bonchev–Trinajstić information content (AvgIpc) is 3.26. The monoisotopic (exact) mass is 369 g/mol. The molecule has 1 aliphatic rings. The van der Waals surface area contributed by atoms with E-state index in [4.69, 9.17) is 0 Å². The zero-order chi connectivity index (χ0) is 17.2. The van der Waals surface area contributed by atoms with Gasteiger partial charge in [0.2, 0.25) is 0 Å². The number of hydrogen-bond donors (Lipinski definition) is 1. The summed E-state index contributed by atoms with van der Waals surface area (Å²) < 4.78 is 0. The van der Waals surface area contributed by atoms with Crippen LogP contribution in [-0.4, -0.2) is 22.3 Å². The summed E-state index contributed by atoms with van der Waals surface area (Å²) in [6, 6.07) is 10.6. The lowest BCUT2D eigenvalue weighted by Gasteiger charge is -2.25. The van der Waals surface area contributed by atoms with Crippen molar-refractivity contribution >= 4 is 33.7 Å². The molecule has 1 amide bonds. The van der Waals surface area contributed by atoms with E-state index in [0.717, 1.165) is 31.7 Å². The van der Waals surface area contributed by atoms with Crippen molar-refractivity contribution in [3.63, 3.8) is 0 Å². The maximum absolute atomic E-state index is 12.2. The molecule has 0 spiro atoms. The summed E-state index contributed by atoms with van der Waals surface area (Å²) in [4.78, 5) is 20.5. The molecule has 0 unspecified atom stereocenters. The normalized spacial score (nSPS) is 14.3. The highest BCUT2D eigenvalue weighted by molar-refractivity contribution is 7.16. The molecule has 25 heavy (non-hydrogen) atoms. The second-order valence-corrected chi connectivity index (χ2v) is 8.16. The van der Waals surface area contributed by atoms with Crippen LogP contribution in [0.5, 0.6) is 0 Å². The quantitative estimate of drug-likeness (QED) is 0.745. The molecule has 1 aromatic carbocycles. The lowest BCUT2D eigenvalue weighted by Crippen LogP contribution is -2.29. The average molecular weight is 370 g/mol. The zero-order valence-corrected chi connectivity index (χ0v) is 15.6. The fourth-order valence-corrected chi connectivity index (χ4v) is 4.63. The van der Waals surface area contributed by atoms with Crippen LogP contribution in [-0.2, 0) is 19.5 Å². The largest absolute Gasteiger partial charge is 0.298 e. The van der Waals surface area contributed by atoms with Gasteiger partial charge in [-0.1, -0.05) is 29.8 Å². The van der Waals surface area contributed by atoms with E-state index in [2.05, 4.69) is 46.4 Å². The second-order valence-electron chi connectivity index (χ2n) is 6.30. The predicted octanol–water partition coefficient (Wildman–Crippen LogP) is 4.32. The third-order valence-electron chi connectivity index (χ3n) is 4.34. The van der Waals surface area contributed by atoms with Crippen molar-refractivity contribution in [3.8, 4) is 0 Å². The first kappa shape index (κ1) is 16.4. The van der Waals surface area contributed by atoms with E-state index in [1.807, 2.05) is 16.8 Å². The number of benzene rings is 1. The van der Waals surface area contributed by atoms with Gasteiger partial charge in [0.05, 0.1) is 11.3 Å². The van der Waals surface area contributed by atoms with E-state index in [9.17, 15) is 4.79 Å². The number of nitrogens with one attached hydrogen (secondary N) is 1. The first-order valence-electron chi connectivity index (χ1n) is 8.27. The molecule has 0 atom stereocenters. The maximum Gasteiger partial charge on any atom is 0.258 e. The van der Waals surface area contributed by atoms with Gasteiger partial charge >= 0.3 is 0 Å². The SMILES string of the molecule is Cc1ccc(CN2CCc3nc(NC(=O)c4ccsc4)sc3C2)cc1. The summed E-state index contributed by atoms with van der Waals surface area (Å²) in [6.07, 6.45) is 0.937. The fraction of sp³-hybridized carbons (Fsp3) is 0.263. The van der Waals surface area contributed by atoms with Gasteiger partial charge in [-0.3, -0.25) is 15.0 Å². The molecule has 0 saturated carbocycles. The van der Waals surface area contributed by atoms with Crippen LogP contribution in [0.2, 0.25) is 0 Å². The van der Waals surface area contributed by atoms with E-state index in [0.29, 0.717) is 10.7 Å². The molecule has 0 bridgehead atoms. The summed E-state index contributed by atoms with van der Waals surface area (Å²) in [5.74, 6) is -0.0798. The van der Waals surface area contributed by atoms with E-state index in [-0.39, 0.29) is 5.91 Å². The molecule has 4 nitrogen and oxygen atoms in total. The van der Waals surface area contributed by atoms with Gasteiger partial charge in [-0.25, -0.2) is 4.98 Å². The summed E-state index contributed by atoms with van der Waals surface area (Å²) in [7, 11) is 0. The van der Waals surface area contributed by atoms with Gasteiger partial charge in [0, 0.05) is 36.3 Å². The van der Waals surface area contributed by atoms with Crippen molar-refractivity contribution in [2.75, 3.05) is 11.9 Å². The van der Waals surface area contributed by atoms with Gasteiger partial charge in [-0.15, -0.1) is 11.3 Å². The van der Waals surface area contributed by atoms with Crippen LogP contribution in [0.3, 0.4) is 0 Å². The third kappa shape index (κ3) is 3.81. The fourth-order valence-electron chi connectivity index (χ4n) is 2.95. The molecule has 0 fully saturated rings. The van der Waals surface area contributed by atoms with Crippen LogP contribution in [0.15, 0.2) is 41.1 Å². The Bertz CT molecular complexity index is 869. The number of thiazole rings is 1. The summed E-state index contributed by atoms with van der Waals surface area (Å²) >= 11 is 3.12. The molecule has 0 aliphatic carbocycles. The molecule has 2 aromatic heterocycles. The number of nitrogens with zero attached hydrogens (tertiary/aromatic N) is 2. The van der Waals surface area contributed by atoms with Gasteiger partial charge < -0.3 is 0 Å². The Morgan fingerprint density at radius 1 is 1.28 bits per heavy atom. The Kier molecular flexibility index (Phi) is 4.65. The van der Waals surface area contributed by atoms with E-state index >= 15 is 0 Å². The Balaban J connectivity index is 1.42. The van der Waals surface area contributed by atoms with Crippen molar-refractivity contribution in [2.45, 2.75) is 26.4 Å². The molecule has 6 heteroatoms. The summed E-state index contributed by atoms with van der Waals surface area (Å²) in [5.41, 5.74) is 4.45. The minimum Gasteiger partial charge on any atom is -0.298 e. The number of thiophene rings is 1. The smallest absolute Gasteiger partial charge is 0.258 e. The number of carbonyl (C=O) groups is 1. The van der Waals surface area contributed by atoms with Gasteiger partial charge in [-0.05, 0) is 23.9 Å². The molecule has 128 valence electrons. The molecule has 1 N–H and O–H groups in total. The molecule has 1 aliphatic heterocycles. The van der Waals surface area contributed by atoms with Crippen molar-refractivity contribution in [2.24, 2.45) is 0 Å². The van der Waals surface area contributed by atoms with Gasteiger partial charge in [0.15, 0.2) is 5.13 Å². The Morgan fingerprint density at radius 2 is 2.12 bits per heavy atom. The number of anilines is 1. The molecule has 0 radical (unpaired) electrons. The third-order valence-corrected chi connectivity index (χ3v) is 6.02. The number of amides is 1.